The Balaban J connectivity index is 1.60. The second kappa shape index (κ2) is 7.43. The molecule has 2 aliphatic heterocycles. The molecule has 0 bridgehead atoms. The summed E-state index contributed by atoms with van der Waals surface area (Å²) >= 11 is 3.50. The number of nitrogen functional groups attached to an aromatic ring is 1. The van der Waals surface area contributed by atoms with Crippen molar-refractivity contribution in [3.8, 4) is 6.01 Å². The van der Waals surface area contributed by atoms with E-state index in [1.54, 1.807) is 0 Å². The zero-order chi connectivity index (χ0) is 17.2. The molecule has 0 spiro atoms. The summed E-state index contributed by atoms with van der Waals surface area (Å²) < 4.78 is 19.7. The van der Waals surface area contributed by atoms with Gasteiger partial charge in [0.2, 0.25) is 0 Å². The quantitative estimate of drug-likeness (QED) is 0.772. The molecule has 8 nitrogen and oxygen atoms in total. The van der Waals surface area contributed by atoms with Gasteiger partial charge in [-0.15, -0.1) is 0 Å². The minimum absolute atomic E-state index is 0.0919. The van der Waals surface area contributed by atoms with Crippen LogP contribution < -0.4 is 10.5 Å². The van der Waals surface area contributed by atoms with E-state index in [1.165, 1.54) is 0 Å². The van der Waals surface area contributed by atoms with Gasteiger partial charge in [-0.05, 0) is 54.0 Å². The number of hydrogen-bond acceptors (Lipinski definition) is 7. The molecule has 2 aliphatic rings. The van der Waals surface area contributed by atoms with E-state index in [2.05, 4.69) is 30.9 Å². The van der Waals surface area contributed by atoms with Gasteiger partial charge in [-0.25, -0.2) is 4.98 Å². The molecule has 0 saturated carbocycles. The molecule has 136 valence electrons. The summed E-state index contributed by atoms with van der Waals surface area (Å²) in [5.74, 6) is 0.787. The second-order valence-electron chi connectivity index (χ2n) is 6.50. The SMILES string of the molecule is Nc1nc(OCC2CCOCC2)nc2c1nc(Br)n2C1CCCCO1. The molecule has 4 rings (SSSR count). The van der Waals surface area contributed by atoms with Gasteiger partial charge in [0.15, 0.2) is 21.7 Å². The zero-order valence-electron chi connectivity index (χ0n) is 14.0. The molecule has 2 N–H and O–H groups in total. The number of fused-ring (bicyclic) bond motifs is 1. The number of rotatable bonds is 4. The summed E-state index contributed by atoms with van der Waals surface area (Å²) in [4.78, 5) is 13.3. The number of halogens is 1. The van der Waals surface area contributed by atoms with E-state index in [4.69, 9.17) is 19.9 Å². The lowest BCUT2D eigenvalue weighted by molar-refractivity contribution is -0.0311. The monoisotopic (exact) mass is 411 g/mol. The highest BCUT2D eigenvalue weighted by Crippen LogP contribution is 2.32. The maximum atomic E-state index is 6.09. The maximum Gasteiger partial charge on any atom is 0.320 e. The first-order valence-electron chi connectivity index (χ1n) is 8.75. The molecule has 0 aliphatic carbocycles. The van der Waals surface area contributed by atoms with Gasteiger partial charge in [-0.3, -0.25) is 4.57 Å². The predicted molar refractivity (Wildman–Crippen MR) is 95.3 cm³/mol. The van der Waals surface area contributed by atoms with Crippen molar-refractivity contribution in [2.24, 2.45) is 5.92 Å². The molecule has 0 aromatic carbocycles. The van der Waals surface area contributed by atoms with Crippen LogP contribution in [0.15, 0.2) is 4.73 Å². The van der Waals surface area contributed by atoms with Crippen LogP contribution in [0.4, 0.5) is 5.82 Å². The Morgan fingerprint density at radius 2 is 1.96 bits per heavy atom. The Bertz CT molecular complexity index is 741. The van der Waals surface area contributed by atoms with Crippen molar-refractivity contribution in [1.29, 1.82) is 0 Å². The normalized spacial score (nSPS) is 22.4. The Morgan fingerprint density at radius 1 is 1.12 bits per heavy atom. The van der Waals surface area contributed by atoms with Crippen molar-refractivity contribution in [1.82, 2.24) is 19.5 Å². The van der Waals surface area contributed by atoms with Crippen molar-refractivity contribution in [2.45, 2.75) is 38.3 Å². The summed E-state index contributed by atoms with van der Waals surface area (Å²) in [7, 11) is 0. The van der Waals surface area contributed by atoms with Gasteiger partial charge in [0, 0.05) is 19.8 Å². The van der Waals surface area contributed by atoms with Crippen molar-refractivity contribution in [2.75, 3.05) is 32.2 Å². The number of hydrogen-bond donors (Lipinski definition) is 1. The molecule has 0 amide bonds. The summed E-state index contributed by atoms with van der Waals surface area (Å²) in [6.07, 6.45) is 5.02. The number of nitrogens with zero attached hydrogens (tertiary/aromatic N) is 4. The van der Waals surface area contributed by atoms with Gasteiger partial charge in [-0.2, -0.15) is 9.97 Å². The second-order valence-corrected chi connectivity index (χ2v) is 7.21. The number of imidazole rings is 1. The van der Waals surface area contributed by atoms with Gasteiger partial charge in [0.1, 0.15) is 6.23 Å². The third-order valence-electron chi connectivity index (χ3n) is 4.74. The molecular formula is C16H22BrN5O3. The molecule has 0 radical (unpaired) electrons. The molecule has 2 aromatic rings. The first-order chi connectivity index (χ1) is 12.2. The molecule has 2 aromatic heterocycles. The van der Waals surface area contributed by atoms with Crippen LogP contribution in [-0.2, 0) is 9.47 Å². The van der Waals surface area contributed by atoms with Crippen LogP contribution in [0.25, 0.3) is 11.2 Å². The highest BCUT2D eigenvalue weighted by Gasteiger charge is 2.24. The van der Waals surface area contributed by atoms with E-state index >= 15 is 0 Å². The number of aromatic nitrogens is 4. The number of nitrogens with two attached hydrogens (primary N) is 1. The van der Waals surface area contributed by atoms with Crippen molar-refractivity contribution >= 4 is 32.9 Å². The van der Waals surface area contributed by atoms with Crippen LogP contribution in [0.3, 0.4) is 0 Å². The van der Waals surface area contributed by atoms with Crippen molar-refractivity contribution in [3.05, 3.63) is 4.73 Å². The summed E-state index contributed by atoms with van der Waals surface area (Å²) in [5, 5.41) is 0. The first kappa shape index (κ1) is 17.0. The highest BCUT2D eigenvalue weighted by molar-refractivity contribution is 9.10. The van der Waals surface area contributed by atoms with Crippen LogP contribution in [0, 0.1) is 5.92 Å². The smallest absolute Gasteiger partial charge is 0.320 e. The standard InChI is InChI=1S/C16H22BrN5O3/c17-15-19-12-13(18)20-16(25-9-10-4-7-23-8-5-10)21-14(12)22(15)11-3-1-2-6-24-11/h10-11H,1-9H2,(H2,18,20,21). The van der Waals surface area contributed by atoms with E-state index in [0.717, 1.165) is 51.9 Å². The number of ether oxygens (including phenoxy) is 3. The Kier molecular flexibility index (Phi) is 5.05. The largest absolute Gasteiger partial charge is 0.463 e. The van der Waals surface area contributed by atoms with Crippen LogP contribution >= 0.6 is 15.9 Å². The van der Waals surface area contributed by atoms with Gasteiger partial charge in [-0.1, -0.05) is 0 Å². The lowest BCUT2D eigenvalue weighted by atomic mass is 10.0. The third-order valence-corrected chi connectivity index (χ3v) is 5.30. The van der Waals surface area contributed by atoms with Gasteiger partial charge in [0.25, 0.3) is 0 Å². The Morgan fingerprint density at radius 3 is 2.72 bits per heavy atom. The first-order valence-corrected chi connectivity index (χ1v) is 9.55. The molecule has 4 heterocycles. The van der Waals surface area contributed by atoms with Gasteiger partial charge >= 0.3 is 6.01 Å². The maximum absolute atomic E-state index is 6.09. The summed E-state index contributed by atoms with van der Waals surface area (Å²) in [5.41, 5.74) is 7.30. The summed E-state index contributed by atoms with van der Waals surface area (Å²) in [6, 6.07) is 0.293. The van der Waals surface area contributed by atoms with E-state index in [9.17, 15) is 0 Å². The van der Waals surface area contributed by atoms with E-state index < -0.39 is 0 Å². The molecule has 9 heteroatoms. The fourth-order valence-corrected chi connectivity index (χ4v) is 3.87. The topological polar surface area (TPSA) is 97.3 Å². The molecule has 2 fully saturated rings. The van der Waals surface area contributed by atoms with E-state index in [-0.39, 0.29) is 6.23 Å². The minimum Gasteiger partial charge on any atom is -0.463 e. The fourth-order valence-electron chi connectivity index (χ4n) is 3.30. The van der Waals surface area contributed by atoms with Gasteiger partial charge in [0.05, 0.1) is 6.61 Å². The van der Waals surface area contributed by atoms with Crippen molar-refractivity contribution < 1.29 is 14.2 Å². The average Bonchev–Trinajstić information content (AvgIpc) is 2.98. The van der Waals surface area contributed by atoms with E-state index in [0.29, 0.717) is 40.3 Å². The molecule has 1 atom stereocenters. The summed E-state index contributed by atoms with van der Waals surface area (Å²) in [6.45, 7) is 2.89. The van der Waals surface area contributed by atoms with Crippen LogP contribution in [-0.4, -0.2) is 45.9 Å². The Labute approximate surface area is 154 Å². The molecule has 1 unspecified atom stereocenters. The number of anilines is 1. The third kappa shape index (κ3) is 3.58. The highest BCUT2D eigenvalue weighted by atomic mass is 79.9. The van der Waals surface area contributed by atoms with Gasteiger partial charge < -0.3 is 19.9 Å². The zero-order valence-corrected chi connectivity index (χ0v) is 15.6. The molecule has 25 heavy (non-hydrogen) atoms. The van der Waals surface area contributed by atoms with Crippen LogP contribution in [0.5, 0.6) is 6.01 Å². The fraction of sp³-hybridized carbons (Fsp3) is 0.688. The van der Waals surface area contributed by atoms with E-state index in [1.807, 2.05) is 4.57 Å². The average molecular weight is 412 g/mol. The minimum atomic E-state index is -0.0919. The van der Waals surface area contributed by atoms with Crippen LogP contribution in [0.2, 0.25) is 0 Å². The molecule has 2 saturated heterocycles. The van der Waals surface area contributed by atoms with Crippen molar-refractivity contribution in [3.63, 3.8) is 0 Å². The Hall–Kier alpha value is -1.45. The lowest BCUT2D eigenvalue weighted by Gasteiger charge is -2.24. The predicted octanol–water partition coefficient (Wildman–Crippen LogP) is 2.68. The van der Waals surface area contributed by atoms with Crippen LogP contribution in [0.1, 0.15) is 38.3 Å². The lowest BCUT2D eigenvalue weighted by Crippen LogP contribution is -2.22. The molecular weight excluding hydrogens is 390 g/mol.